The summed E-state index contributed by atoms with van der Waals surface area (Å²) >= 11 is 0. The SMILES string of the molecule is CC(C)OCCOCCN1CCNCC1. The van der Waals surface area contributed by atoms with E-state index in [1.54, 1.807) is 0 Å². The molecule has 0 aromatic heterocycles. The fourth-order valence-corrected chi connectivity index (χ4v) is 1.57. The van der Waals surface area contributed by atoms with Gasteiger partial charge in [0, 0.05) is 32.7 Å². The molecule has 90 valence electrons. The summed E-state index contributed by atoms with van der Waals surface area (Å²) in [7, 11) is 0. The highest BCUT2D eigenvalue weighted by Crippen LogP contribution is 1.92. The highest BCUT2D eigenvalue weighted by Gasteiger charge is 2.08. The predicted molar refractivity (Wildman–Crippen MR) is 61.2 cm³/mol. The number of nitrogens with one attached hydrogen (secondary N) is 1. The highest BCUT2D eigenvalue weighted by molar-refractivity contribution is 4.66. The minimum absolute atomic E-state index is 0.307. The first-order valence-corrected chi connectivity index (χ1v) is 5.91. The van der Waals surface area contributed by atoms with E-state index in [0.29, 0.717) is 19.3 Å². The number of rotatable bonds is 7. The highest BCUT2D eigenvalue weighted by atomic mass is 16.5. The lowest BCUT2D eigenvalue weighted by molar-refractivity contribution is 0.0134. The molecule has 1 aliphatic rings. The van der Waals surface area contributed by atoms with Crippen LogP contribution in [0.5, 0.6) is 0 Å². The quantitative estimate of drug-likeness (QED) is 0.622. The van der Waals surface area contributed by atoms with Crippen molar-refractivity contribution >= 4 is 0 Å². The third kappa shape index (κ3) is 6.84. The zero-order chi connectivity index (χ0) is 10.9. The van der Waals surface area contributed by atoms with Crippen molar-refractivity contribution in [3.05, 3.63) is 0 Å². The summed E-state index contributed by atoms with van der Waals surface area (Å²) in [5, 5.41) is 3.34. The first-order chi connectivity index (χ1) is 7.29. The van der Waals surface area contributed by atoms with Crippen LogP contribution in [0, 0.1) is 0 Å². The summed E-state index contributed by atoms with van der Waals surface area (Å²) < 4.78 is 10.9. The van der Waals surface area contributed by atoms with Gasteiger partial charge >= 0.3 is 0 Å². The van der Waals surface area contributed by atoms with Crippen LogP contribution in [0.4, 0.5) is 0 Å². The van der Waals surface area contributed by atoms with Gasteiger partial charge in [0.2, 0.25) is 0 Å². The smallest absolute Gasteiger partial charge is 0.0703 e. The molecule has 0 saturated carbocycles. The number of hydrogen-bond acceptors (Lipinski definition) is 4. The third-order valence-corrected chi connectivity index (χ3v) is 2.44. The number of ether oxygens (including phenoxy) is 2. The van der Waals surface area contributed by atoms with Crippen molar-refractivity contribution in [2.75, 3.05) is 52.5 Å². The second-order valence-corrected chi connectivity index (χ2v) is 4.12. The molecule has 4 nitrogen and oxygen atoms in total. The third-order valence-electron chi connectivity index (χ3n) is 2.44. The van der Waals surface area contributed by atoms with E-state index in [2.05, 4.69) is 10.2 Å². The van der Waals surface area contributed by atoms with Crippen molar-refractivity contribution in [3.8, 4) is 0 Å². The van der Waals surface area contributed by atoms with Gasteiger partial charge in [-0.25, -0.2) is 0 Å². The van der Waals surface area contributed by atoms with Crippen molar-refractivity contribution < 1.29 is 9.47 Å². The van der Waals surface area contributed by atoms with E-state index in [-0.39, 0.29) is 0 Å². The van der Waals surface area contributed by atoms with E-state index in [4.69, 9.17) is 9.47 Å². The van der Waals surface area contributed by atoms with Gasteiger partial charge in [0.1, 0.15) is 0 Å². The van der Waals surface area contributed by atoms with Gasteiger partial charge in [-0.1, -0.05) is 0 Å². The molecule has 1 N–H and O–H groups in total. The first kappa shape index (κ1) is 12.9. The van der Waals surface area contributed by atoms with E-state index in [0.717, 1.165) is 39.3 Å². The van der Waals surface area contributed by atoms with Gasteiger partial charge in [-0.2, -0.15) is 0 Å². The molecular formula is C11H24N2O2. The van der Waals surface area contributed by atoms with E-state index in [1.165, 1.54) is 0 Å². The maximum atomic E-state index is 5.50. The van der Waals surface area contributed by atoms with Crippen LogP contribution in [0.25, 0.3) is 0 Å². The molecule has 0 aromatic carbocycles. The van der Waals surface area contributed by atoms with E-state index < -0.39 is 0 Å². The number of piperazine rings is 1. The minimum Gasteiger partial charge on any atom is -0.378 e. The Bertz CT molecular complexity index is 148. The molecule has 0 atom stereocenters. The first-order valence-electron chi connectivity index (χ1n) is 5.91. The molecule has 1 fully saturated rings. The summed E-state index contributed by atoms with van der Waals surface area (Å²) in [6.45, 7) is 11.9. The second-order valence-electron chi connectivity index (χ2n) is 4.12. The van der Waals surface area contributed by atoms with Crippen LogP contribution in [0.1, 0.15) is 13.8 Å². The van der Waals surface area contributed by atoms with Crippen LogP contribution in [-0.4, -0.2) is 63.5 Å². The molecule has 1 rings (SSSR count). The summed E-state index contributed by atoms with van der Waals surface area (Å²) in [6.07, 6.45) is 0.307. The number of hydrogen-bond donors (Lipinski definition) is 1. The van der Waals surface area contributed by atoms with Crippen LogP contribution < -0.4 is 5.32 Å². The van der Waals surface area contributed by atoms with Crippen LogP contribution in [0.15, 0.2) is 0 Å². The Morgan fingerprint density at radius 2 is 1.87 bits per heavy atom. The molecule has 1 aliphatic heterocycles. The van der Waals surface area contributed by atoms with Gasteiger partial charge in [0.25, 0.3) is 0 Å². The Balaban J connectivity index is 1.83. The maximum absolute atomic E-state index is 5.50. The van der Waals surface area contributed by atoms with Crippen LogP contribution >= 0.6 is 0 Å². The molecule has 4 heteroatoms. The van der Waals surface area contributed by atoms with Gasteiger partial charge < -0.3 is 14.8 Å². The predicted octanol–water partition coefficient (Wildman–Crippen LogP) is 0.333. The molecule has 0 unspecified atom stereocenters. The van der Waals surface area contributed by atoms with E-state index in [9.17, 15) is 0 Å². The standard InChI is InChI=1S/C11H24N2O2/c1-11(2)15-10-9-14-8-7-13-5-3-12-4-6-13/h11-12H,3-10H2,1-2H3. The Labute approximate surface area is 92.9 Å². The van der Waals surface area contributed by atoms with Crippen LogP contribution in [0.2, 0.25) is 0 Å². The average Bonchev–Trinajstić information content (AvgIpc) is 2.24. The Hall–Kier alpha value is -0.160. The largest absolute Gasteiger partial charge is 0.378 e. The molecule has 0 amide bonds. The second kappa shape index (κ2) is 8.05. The average molecular weight is 216 g/mol. The Morgan fingerprint density at radius 1 is 1.13 bits per heavy atom. The number of nitrogens with zero attached hydrogens (tertiary/aromatic N) is 1. The summed E-state index contributed by atoms with van der Waals surface area (Å²) in [5.74, 6) is 0. The fourth-order valence-electron chi connectivity index (χ4n) is 1.57. The van der Waals surface area contributed by atoms with Gasteiger partial charge in [-0.15, -0.1) is 0 Å². The summed E-state index contributed by atoms with van der Waals surface area (Å²) in [4.78, 5) is 2.43. The Morgan fingerprint density at radius 3 is 2.53 bits per heavy atom. The van der Waals surface area contributed by atoms with Gasteiger partial charge in [-0.05, 0) is 13.8 Å². The van der Waals surface area contributed by atoms with Crippen molar-refractivity contribution in [3.63, 3.8) is 0 Å². The molecule has 1 heterocycles. The molecule has 0 bridgehead atoms. The van der Waals surface area contributed by atoms with Gasteiger partial charge in [0.05, 0.1) is 25.9 Å². The van der Waals surface area contributed by atoms with E-state index >= 15 is 0 Å². The molecule has 15 heavy (non-hydrogen) atoms. The molecule has 0 radical (unpaired) electrons. The van der Waals surface area contributed by atoms with Crippen LogP contribution in [0.3, 0.4) is 0 Å². The van der Waals surface area contributed by atoms with Crippen molar-refractivity contribution in [1.29, 1.82) is 0 Å². The zero-order valence-corrected chi connectivity index (χ0v) is 10.00. The maximum Gasteiger partial charge on any atom is 0.0703 e. The zero-order valence-electron chi connectivity index (χ0n) is 10.00. The normalized spacial score (nSPS) is 18.6. The summed E-state index contributed by atoms with van der Waals surface area (Å²) in [6, 6.07) is 0. The lowest BCUT2D eigenvalue weighted by Crippen LogP contribution is -2.44. The lowest BCUT2D eigenvalue weighted by atomic mass is 10.4. The molecule has 1 saturated heterocycles. The monoisotopic (exact) mass is 216 g/mol. The van der Waals surface area contributed by atoms with Gasteiger partial charge in [0.15, 0.2) is 0 Å². The lowest BCUT2D eigenvalue weighted by Gasteiger charge is -2.26. The topological polar surface area (TPSA) is 33.7 Å². The molecular weight excluding hydrogens is 192 g/mol. The minimum atomic E-state index is 0.307. The van der Waals surface area contributed by atoms with Gasteiger partial charge in [-0.3, -0.25) is 4.90 Å². The molecule has 0 spiro atoms. The fraction of sp³-hybridized carbons (Fsp3) is 1.00. The Kier molecular flexibility index (Phi) is 6.92. The van der Waals surface area contributed by atoms with Crippen LogP contribution in [-0.2, 0) is 9.47 Å². The molecule has 0 aromatic rings. The summed E-state index contributed by atoms with van der Waals surface area (Å²) in [5.41, 5.74) is 0. The van der Waals surface area contributed by atoms with Crippen molar-refractivity contribution in [1.82, 2.24) is 10.2 Å². The van der Waals surface area contributed by atoms with E-state index in [1.807, 2.05) is 13.8 Å². The van der Waals surface area contributed by atoms with Crippen molar-refractivity contribution in [2.24, 2.45) is 0 Å². The molecule has 0 aliphatic carbocycles. The van der Waals surface area contributed by atoms with Crippen molar-refractivity contribution in [2.45, 2.75) is 20.0 Å².